The van der Waals surface area contributed by atoms with Crippen molar-refractivity contribution in [2.24, 2.45) is 0 Å². The molecule has 2 heterocycles. The average Bonchev–Trinajstić information content (AvgIpc) is 2.85. The molecule has 0 bridgehead atoms. The SMILES string of the molecule is CCCN1CCN(CC2CNc3ccccc32)CC1. The fourth-order valence-electron chi connectivity index (χ4n) is 3.34. The highest BCUT2D eigenvalue weighted by atomic mass is 15.3. The minimum atomic E-state index is 0.675. The van der Waals surface area contributed by atoms with Crippen molar-refractivity contribution < 1.29 is 0 Å². The van der Waals surface area contributed by atoms with Gasteiger partial charge in [-0.3, -0.25) is 0 Å². The van der Waals surface area contributed by atoms with E-state index in [2.05, 4.69) is 46.3 Å². The van der Waals surface area contributed by atoms with Crippen LogP contribution in [0, 0.1) is 0 Å². The second kappa shape index (κ2) is 5.93. The number of hydrogen-bond acceptors (Lipinski definition) is 3. The Hall–Kier alpha value is -1.06. The summed E-state index contributed by atoms with van der Waals surface area (Å²) in [7, 11) is 0. The zero-order valence-electron chi connectivity index (χ0n) is 11.9. The molecular formula is C16H25N3. The van der Waals surface area contributed by atoms with Gasteiger partial charge in [-0.25, -0.2) is 0 Å². The van der Waals surface area contributed by atoms with Gasteiger partial charge < -0.3 is 15.1 Å². The second-order valence-electron chi connectivity index (χ2n) is 5.81. The van der Waals surface area contributed by atoms with Crippen LogP contribution in [0.2, 0.25) is 0 Å². The van der Waals surface area contributed by atoms with Crippen LogP contribution in [0.15, 0.2) is 24.3 Å². The topological polar surface area (TPSA) is 18.5 Å². The van der Waals surface area contributed by atoms with E-state index in [1.165, 1.54) is 56.9 Å². The van der Waals surface area contributed by atoms with Crippen molar-refractivity contribution in [3.05, 3.63) is 29.8 Å². The number of benzene rings is 1. The van der Waals surface area contributed by atoms with Crippen LogP contribution < -0.4 is 5.32 Å². The van der Waals surface area contributed by atoms with Gasteiger partial charge in [0.1, 0.15) is 0 Å². The first-order valence-electron chi connectivity index (χ1n) is 7.64. The number of nitrogens with zero attached hydrogens (tertiary/aromatic N) is 2. The van der Waals surface area contributed by atoms with Gasteiger partial charge in [0, 0.05) is 50.9 Å². The fraction of sp³-hybridized carbons (Fsp3) is 0.625. The first kappa shape index (κ1) is 12.9. The molecule has 0 amide bonds. The van der Waals surface area contributed by atoms with E-state index in [-0.39, 0.29) is 0 Å². The van der Waals surface area contributed by atoms with Crippen LogP contribution in [0.4, 0.5) is 5.69 Å². The maximum absolute atomic E-state index is 3.53. The molecule has 0 radical (unpaired) electrons. The Bertz CT molecular complexity index is 410. The largest absolute Gasteiger partial charge is 0.384 e. The van der Waals surface area contributed by atoms with Gasteiger partial charge in [-0.1, -0.05) is 25.1 Å². The Kier molecular flexibility index (Phi) is 4.04. The Morgan fingerprint density at radius 3 is 2.63 bits per heavy atom. The van der Waals surface area contributed by atoms with Crippen molar-refractivity contribution in [1.29, 1.82) is 0 Å². The van der Waals surface area contributed by atoms with E-state index in [0.29, 0.717) is 5.92 Å². The maximum atomic E-state index is 3.53. The lowest BCUT2D eigenvalue weighted by atomic mass is 10.0. The molecule has 104 valence electrons. The van der Waals surface area contributed by atoms with Crippen LogP contribution in [0.1, 0.15) is 24.8 Å². The van der Waals surface area contributed by atoms with E-state index in [9.17, 15) is 0 Å². The molecule has 2 aliphatic heterocycles. The highest BCUT2D eigenvalue weighted by Gasteiger charge is 2.25. The lowest BCUT2D eigenvalue weighted by molar-refractivity contribution is 0.128. The molecule has 0 spiro atoms. The third-order valence-electron chi connectivity index (χ3n) is 4.42. The number of hydrogen-bond donors (Lipinski definition) is 1. The highest BCUT2D eigenvalue weighted by Crippen LogP contribution is 2.31. The number of nitrogens with one attached hydrogen (secondary N) is 1. The van der Waals surface area contributed by atoms with Gasteiger partial charge >= 0.3 is 0 Å². The Morgan fingerprint density at radius 2 is 1.84 bits per heavy atom. The van der Waals surface area contributed by atoms with Gasteiger partial charge in [0.2, 0.25) is 0 Å². The molecule has 2 aliphatic rings. The van der Waals surface area contributed by atoms with Crippen molar-refractivity contribution in [2.45, 2.75) is 19.3 Å². The monoisotopic (exact) mass is 259 g/mol. The molecule has 1 aromatic rings. The van der Waals surface area contributed by atoms with Crippen molar-refractivity contribution in [3.8, 4) is 0 Å². The molecule has 3 rings (SSSR count). The molecule has 0 aliphatic carbocycles. The lowest BCUT2D eigenvalue weighted by Gasteiger charge is -2.35. The van der Waals surface area contributed by atoms with Gasteiger partial charge in [0.05, 0.1) is 0 Å². The van der Waals surface area contributed by atoms with E-state index in [0.717, 1.165) is 6.54 Å². The normalized spacial score (nSPS) is 24.2. The summed E-state index contributed by atoms with van der Waals surface area (Å²) >= 11 is 0. The zero-order valence-corrected chi connectivity index (χ0v) is 11.9. The van der Waals surface area contributed by atoms with Gasteiger partial charge in [-0.05, 0) is 24.6 Å². The van der Waals surface area contributed by atoms with E-state index in [1.807, 2.05) is 0 Å². The number of fused-ring (bicyclic) bond motifs is 1. The third kappa shape index (κ3) is 2.93. The van der Waals surface area contributed by atoms with Gasteiger partial charge in [-0.15, -0.1) is 0 Å². The van der Waals surface area contributed by atoms with E-state index >= 15 is 0 Å². The van der Waals surface area contributed by atoms with Gasteiger partial charge in [0.25, 0.3) is 0 Å². The molecule has 1 aromatic carbocycles. The van der Waals surface area contributed by atoms with Crippen LogP contribution in [-0.2, 0) is 0 Å². The second-order valence-corrected chi connectivity index (χ2v) is 5.81. The minimum absolute atomic E-state index is 0.675. The number of para-hydroxylation sites is 1. The van der Waals surface area contributed by atoms with Crippen molar-refractivity contribution in [1.82, 2.24) is 9.80 Å². The van der Waals surface area contributed by atoms with E-state index < -0.39 is 0 Å². The summed E-state index contributed by atoms with van der Waals surface area (Å²) in [6.45, 7) is 10.8. The smallest absolute Gasteiger partial charge is 0.0376 e. The molecule has 19 heavy (non-hydrogen) atoms. The molecule has 3 nitrogen and oxygen atoms in total. The number of piperazine rings is 1. The van der Waals surface area contributed by atoms with E-state index in [4.69, 9.17) is 0 Å². The van der Waals surface area contributed by atoms with Crippen molar-refractivity contribution in [3.63, 3.8) is 0 Å². The predicted molar refractivity (Wildman–Crippen MR) is 80.8 cm³/mol. The van der Waals surface area contributed by atoms with Gasteiger partial charge in [0.15, 0.2) is 0 Å². The Balaban J connectivity index is 1.54. The average molecular weight is 259 g/mol. The molecule has 0 saturated carbocycles. The Labute approximate surface area is 116 Å². The molecule has 1 fully saturated rings. The standard InChI is InChI=1S/C16H25N3/c1-2-7-18-8-10-19(11-9-18)13-14-12-17-16-6-4-3-5-15(14)16/h3-6,14,17H,2,7-13H2,1H3. The van der Waals surface area contributed by atoms with Crippen LogP contribution in [0.5, 0.6) is 0 Å². The molecular weight excluding hydrogens is 234 g/mol. The first-order valence-corrected chi connectivity index (χ1v) is 7.64. The van der Waals surface area contributed by atoms with Gasteiger partial charge in [-0.2, -0.15) is 0 Å². The molecule has 1 unspecified atom stereocenters. The summed E-state index contributed by atoms with van der Waals surface area (Å²) in [4.78, 5) is 5.23. The van der Waals surface area contributed by atoms with Crippen molar-refractivity contribution >= 4 is 5.69 Å². The zero-order chi connectivity index (χ0) is 13.1. The summed E-state index contributed by atoms with van der Waals surface area (Å²) in [6, 6.07) is 8.78. The van der Waals surface area contributed by atoms with Crippen LogP contribution >= 0.6 is 0 Å². The summed E-state index contributed by atoms with van der Waals surface area (Å²) < 4.78 is 0. The summed E-state index contributed by atoms with van der Waals surface area (Å²) in [6.07, 6.45) is 1.28. The summed E-state index contributed by atoms with van der Waals surface area (Å²) in [5, 5.41) is 3.53. The summed E-state index contributed by atoms with van der Waals surface area (Å²) in [5.41, 5.74) is 2.86. The maximum Gasteiger partial charge on any atom is 0.0376 e. The summed E-state index contributed by atoms with van der Waals surface area (Å²) in [5.74, 6) is 0.675. The highest BCUT2D eigenvalue weighted by molar-refractivity contribution is 5.57. The molecule has 1 atom stereocenters. The van der Waals surface area contributed by atoms with Crippen molar-refractivity contribution in [2.75, 3.05) is 51.1 Å². The van der Waals surface area contributed by atoms with Crippen LogP contribution in [-0.4, -0.2) is 55.6 Å². The molecule has 1 saturated heterocycles. The predicted octanol–water partition coefficient (Wildman–Crippen LogP) is 2.22. The fourth-order valence-corrected chi connectivity index (χ4v) is 3.34. The minimum Gasteiger partial charge on any atom is -0.384 e. The molecule has 1 N–H and O–H groups in total. The quantitative estimate of drug-likeness (QED) is 0.894. The third-order valence-corrected chi connectivity index (χ3v) is 4.42. The van der Waals surface area contributed by atoms with Crippen LogP contribution in [0.3, 0.4) is 0 Å². The molecule has 3 heteroatoms. The number of anilines is 1. The van der Waals surface area contributed by atoms with Crippen LogP contribution in [0.25, 0.3) is 0 Å². The first-order chi connectivity index (χ1) is 9.36. The van der Waals surface area contributed by atoms with E-state index in [1.54, 1.807) is 0 Å². The number of rotatable bonds is 4. The molecule has 0 aromatic heterocycles. The lowest BCUT2D eigenvalue weighted by Crippen LogP contribution is -2.47. The Morgan fingerprint density at radius 1 is 1.11 bits per heavy atom.